The number of nitrogens with one attached hydrogen (secondary N) is 1. The number of rotatable bonds is 8. The molecular weight excluding hydrogens is 433 g/mol. The van der Waals surface area contributed by atoms with Gasteiger partial charge >= 0.3 is 0 Å². The third kappa shape index (κ3) is 4.55. The fraction of sp³-hybridized carbons (Fsp3) is 0.185. The Labute approximate surface area is 196 Å². The zero-order chi connectivity index (χ0) is 24.1. The average Bonchev–Trinajstić information content (AvgIpc) is 2.87. The van der Waals surface area contributed by atoms with E-state index in [2.05, 4.69) is 11.4 Å². The van der Waals surface area contributed by atoms with Gasteiger partial charge < -0.3 is 15.2 Å². The van der Waals surface area contributed by atoms with Gasteiger partial charge in [0.05, 0.1) is 19.8 Å². The molecule has 4 aromatic rings. The van der Waals surface area contributed by atoms with E-state index in [4.69, 9.17) is 4.74 Å². The summed E-state index contributed by atoms with van der Waals surface area (Å²) in [5, 5.41) is 24.1. The fourth-order valence-electron chi connectivity index (χ4n) is 4.14. The number of hydrogen-bond acceptors (Lipinski definition) is 5. The minimum atomic E-state index is -0.439. The molecule has 0 aliphatic rings. The Morgan fingerprint density at radius 1 is 1.09 bits per heavy atom. The van der Waals surface area contributed by atoms with Crippen molar-refractivity contribution in [3.05, 3.63) is 100 Å². The molecule has 2 N–H and O–H groups in total. The van der Waals surface area contributed by atoms with Crippen LogP contribution in [0.2, 0.25) is 0 Å². The summed E-state index contributed by atoms with van der Waals surface area (Å²) in [7, 11) is 1.52. The monoisotopic (exact) mass is 457 g/mol. The molecule has 0 spiro atoms. The van der Waals surface area contributed by atoms with E-state index in [0.717, 1.165) is 5.56 Å². The van der Waals surface area contributed by atoms with Crippen LogP contribution in [0.5, 0.6) is 5.75 Å². The largest absolute Gasteiger partial charge is 0.497 e. The highest BCUT2D eigenvalue weighted by Gasteiger charge is 2.19. The third-order valence-corrected chi connectivity index (χ3v) is 5.81. The highest BCUT2D eigenvalue weighted by molar-refractivity contribution is 5.99. The normalized spacial score (nSPS) is 11.8. The molecule has 1 aromatic heterocycles. The van der Waals surface area contributed by atoms with Gasteiger partial charge in [-0.1, -0.05) is 42.5 Å². The maximum atomic E-state index is 14.1. The number of aliphatic hydroxyl groups excluding tert-OH is 1. The molecule has 34 heavy (non-hydrogen) atoms. The van der Waals surface area contributed by atoms with Crippen LogP contribution in [-0.4, -0.2) is 29.9 Å². The van der Waals surface area contributed by atoms with Gasteiger partial charge in [0.2, 0.25) is 0 Å². The quantitative estimate of drug-likeness (QED) is 0.418. The zero-order valence-electron chi connectivity index (χ0n) is 18.7. The van der Waals surface area contributed by atoms with E-state index in [1.54, 1.807) is 30.3 Å². The molecule has 0 radical (unpaired) electrons. The van der Waals surface area contributed by atoms with Gasteiger partial charge in [0.1, 0.15) is 23.3 Å². The van der Waals surface area contributed by atoms with Gasteiger partial charge in [0.15, 0.2) is 0 Å². The van der Waals surface area contributed by atoms with Crippen molar-refractivity contribution >= 4 is 10.8 Å². The molecule has 7 heteroatoms. The molecule has 4 rings (SSSR count). The van der Waals surface area contributed by atoms with Crippen LogP contribution in [0, 0.1) is 17.1 Å². The smallest absolute Gasteiger partial charge is 0.259 e. The van der Waals surface area contributed by atoms with Crippen molar-refractivity contribution in [1.29, 1.82) is 5.26 Å². The van der Waals surface area contributed by atoms with Crippen LogP contribution in [-0.2, 0) is 6.54 Å². The van der Waals surface area contributed by atoms with Crippen LogP contribution >= 0.6 is 0 Å². The van der Waals surface area contributed by atoms with Gasteiger partial charge in [-0.25, -0.2) is 4.39 Å². The molecule has 6 nitrogen and oxygen atoms in total. The summed E-state index contributed by atoms with van der Waals surface area (Å²) in [5.41, 5.74) is 1.70. The highest BCUT2D eigenvalue weighted by atomic mass is 19.1. The zero-order valence-corrected chi connectivity index (χ0v) is 18.7. The van der Waals surface area contributed by atoms with Crippen molar-refractivity contribution < 1.29 is 14.2 Å². The summed E-state index contributed by atoms with van der Waals surface area (Å²) in [5.74, 6) is 0.0898. The van der Waals surface area contributed by atoms with Crippen LogP contribution < -0.4 is 15.6 Å². The van der Waals surface area contributed by atoms with E-state index in [0.29, 0.717) is 34.2 Å². The van der Waals surface area contributed by atoms with Crippen molar-refractivity contribution in [2.45, 2.75) is 12.6 Å². The Hall–Kier alpha value is -3.99. The first-order valence-electron chi connectivity index (χ1n) is 10.9. The summed E-state index contributed by atoms with van der Waals surface area (Å²) < 4.78 is 20.8. The van der Waals surface area contributed by atoms with E-state index >= 15 is 0 Å². The van der Waals surface area contributed by atoms with Crippen LogP contribution in [0.1, 0.15) is 17.3 Å². The van der Waals surface area contributed by atoms with Gasteiger partial charge in [0, 0.05) is 29.4 Å². The maximum Gasteiger partial charge on any atom is 0.259 e. The predicted molar refractivity (Wildman–Crippen MR) is 129 cm³/mol. The fourth-order valence-corrected chi connectivity index (χ4v) is 4.14. The Morgan fingerprint density at radius 3 is 2.56 bits per heavy atom. The van der Waals surface area contributed by atoms with Crippen LogP contribution in [0.3, 0.4) is 0 Å². The number of ether oxygens (including phenoxy) is 1. The van der Waals surface area contributed by atoms with Crippen molar-refractivity contribution in [3.8, 4) is 22.9 Å². The molecule has 1 atom stereocenters. The molecule has 172 valence electrons. The summed E-state index contributed by atoms with van der Waals surface area (Å²) >= 11 is 0. The third-order valence-electron chi connectivity index (χ3n) is 5.81. The molecule has 0 aliphatic carbocycles. The summed E-state index contributed by atoms with van der Waals surface area (Å²) in [4.78, 5) is 13.4. The lowest BCUT2D eigenvalue weighted by Crippen LogP contribution is -2.32. The lowest BCUT2D eigenvalue weighted by molar-refractivity contribution is 0.243. The van der Waals surface area contributed by atoms with E-state index in [9.17, 15) is 19.6 Å². The molecule has 0 unspecified atom stereocenters. The topological polar surface area (TPSA) is 87.3 Å². The van der Waals surface area contributed by atoms with E-state index in [-0.39, 0.29) is 30.4 Å². The maximum absolute atomic E-state index is 14.1. The number of fused-ring (bicyclic) bond motifs is 1. The highest BCUT2D eigenvalue weighted by Crippen LogP contribution is 2.33. The lowest BCUT2D eigenvalue weighted by Gasteiger charge is -2.19. The first-order chi connectivity index (χ1) is 16.6. The molecular formula is C27H24FN3O3. The van der Waals surface area contributed by atoms with Gasteiger partial charge in [-0.3, -0.25) is 9.36 Å². The van der Waals surface area contributed by atoms with E-state index in [1.165, 1.54) is 23.8 Å². The standard InChI is InChI=1S/C27H24FN3O3/c1-34-21-10-11-22-23(15-21)26(19-8-5-9-20(28)14-19)25(16-29)31(27(22)33)13-12-30-24(17-32)18-6-3-2-4-7-18/h2-11,14-15,24,30,32H,12-13,17H2,1H3/t24-/m0/s1. The van der Waals surface area contributed by atoms with Gasteiger partial charge in [0.25, 0.3) is 5.56 Å². The number of aliphatic hydroxyl groups is 1. The molecule has 0 saturated heterocycles. The molecule has 1 heterocycles. The number of nitrogens with zero attached hydrogens (tertiary/aromatic N) is 2. The molecule has 0 aliphatic heterocycles. The minimum absolute atomic E-state index is 0.115. The molecule has 0 fully saturated rings. The Bertz CT molecular complexity index is 1410. The lowest BCUT2D eigenvalue weighted by atomic mass is 9.96. The van der Waals surface area contributed by atoms with Gasteiger partial charge in [-0.05, 0) is 41.5 Å². The minimum Gasteiger partial charge on any atom is -0.497 e. The Morgan fingerprint density at radius 2 is 1.88 bits per heavy atom. The number of nitriles is 1. The second kappa shape index (κ2) is 10.3. The number of benzene rings is 3. The number of halogens is 1. The molecule has 0 bridgehead atoms. The average molecular weight is 458 g/mol. The van der Waals surface area contributed by atoms with Crippen molar-refractivity contribution in [1.82, 2.24) is 9.88 Å². The Kier molecular flexibility index (Phi) is 7.02. The molecule has 3 aromatic carbocycles. The van der Waals surface area contributed by atoms with Crippen LogP contribution in [0.4, 0.5) is 4.39 Å². The van der Waals surface area contributed by atoms with Gasteiger partial charge in [-0.2, -0.15) is 5.26 Å². The molecule has 0 amide bonds. The summed E-state index contributed by atoms with van der Waals surface area (Å²) in [6, 6.07) is 22.3. The number of pyridine rings is 1. The van der Waals surface area contributed by atoms with E-state index < -0.39 is 5.82 Å². The summed E-state index contributed by atoms with van der Waals surface area (Å²) in [6.45, 7) is 0.407. The first-order valence-corrected chi connectivity index (χ1v) is 10.9. The SMILES string of the molecule is COc1ccc2c(=O)n(CCN[C@@H](CO)c3ccccc3)c(C#N)c(-c3cccc(F)c3)c2c1. The molecule has 0 saturated carbocycles. The Balaban J connectivity index is 1.80. The number of hydrogen-bond donors (Lipinski definition) is 2. The predicted octanol–water partition coefficient (Wildman–Crippen LogP) is 4.01. The van der Waals surface area contributed by atoms with Gasteiger partial charge in [-0.15, -0.1) is 0 Å². The van der Waals surface area contributed by atoms with Crippen molar-refractivity contribution in [3.63, 3.8) is 0 Å². The second-order valence-electron chi connectivity index (χ2n) is 7.81. The second-order valence-corrected chi connectivity index (χ2v) is 7.81. The summed E-state index contributed by atoms with van der Waals surface area (Å²) in [6.07, 6.45) is 0. The van der Waals surface area contributed by atoms with Crippen molar-refractivity contribution in [2.75, 3.05) is 20.3 Å². The first kappa shape index (κ1) is 23.2. The van der Waals surface area contributed by atoms with Crippen LogP contribution in [0.25, 0.3) is 21.9 Å². The van der Waals surface area contributed by atoms with Crippen LogP contribution in [0.15, 0.2) is 77.6 Å². The van der Waals surface area contributed by atoms with Crippen molar-refractivity contribution in [2.24, 2.45) is 0 Å². The number of aromatic nitrogens is 1. The van der Waals surface area contributed by atoms with E-state index in [1.807, 2.05) is 30.3 Å². The number of methoxy groups -OCH3 is 1.